The minimum absolute atomic E-state index is 0.341. The lowest BCUT2D eigenvalue weighted by Crippen LogP contribution is -2.62. The number of nitriles is 1. The Labute approximate surface area is 99.4 Å². The SMILES string of the molecule is N#CC1C=CC=CC1(N1CCNCC1)[N+](=O)[O-]. The number of hydrogen-bond donors (Lipinski definition) is 1. The smallest absolute Gasteiger partial charge is 0.314 e. The van der Waals surface area contributed by atoms with Gasteiger partial charge in [-0.1, -0.05) is 18.2 Å². The summed E-state index contributed by atoms with van der Waals surface area (Å²) in [6.07, 6.45) is 6.48. The summed E-state index contributed by atoms with van der Waals surface area (Å²) in [6.45, 7) is 2.59. The van der Waals surface area contributed by atoms with Crippen LogP contribution in [0, 0.1) is 27.4 Å². The molecule has 0 bridgehead atoms. The first kappa shape index (κ1) is 11.8. The molecule has 1 N–H and O–H groups in total. The normalized spacial score (nSPS) is 33.2. The lowest BCUT2D eigenvalue weighted by atomic mass is 9.87. The molecule has 0 spiro atoms. The molecule has 1 saturated heterocycles. The number of allylic oxidation sites excluding steroid dienone is 2. The van der Waals surface area contributed by atoms with Gasteiger partial charge < -0.3 is 5.32 Å². The summed E-state index contributed by atoms with van der Waals surface area (Å²) in [4.78, 5) is 12.9. The molecule has 2 aliphatic rings. The zero-order valence-corrected chi connectivity index (χ0v) is 9.37. The van der Waals surface area contributed by atoms with Gasteiger partial charge in [0.15, 0.2) is 5.92 Å². The van der Waals surface area contributed by atoms with Crippen LogP contribution in [0.15, 0.2) is 24.3 Å². The second-order valence-corrected chi connectivity index (χ2v) is 4.13. The fourth-order valence-electron chi connectivity index (χ4n) is 2.37. The van der Waals surface area contributed by atoms with Crippen LogP contribution >= 0.6 is 0 Å². The molecule has 2 rings (SSSR count). The molecule has 1 fully saturated rings. The molecule has 0 amide bonds. The first-order valence-corrected chi connectivity index (χ1v) is 5.57. The highest BCUT2D eigenvalue weighted by molar-refractivity contribution is 5.26. The van der Waals surface area contributed by atoms with Gasteiger partial charge in [-0.2, -0.15) is 5.26 Å². The van der Waals surface area contributed by atoms with Gasteiger partial charge in [-0.25, -0.2) is 4.90 Å². The van der Waals surface area contributed by atoms with E-state index in [1.54, 1.807) is 23.1 Å². The van der Waals surface area contributed by atoms with Crippen molar-refractivity contribution in [2.75, 3.05) is 26.2 Å². The molecule has 0 aromatic carbocycles. The quantitative estimate of drug-likeness (QED) is 0.542. The van der Waals surface area contributed by atoms with E-state index in [-0.39, 0.29) is 4.92 Å². The van der Waals surface area contributed by atoms with Gasteiger partial charge in [0.05, 0.1) is 6.07 Å². The predicted octanol–water partition coefficient (Wildman–Crippen LogP) is 0.130. The standard InChI is InChI=1S/C11H14N4O2/c12-9-10-3-1-2-4-11(10,15(16)17)14-7-5-13-6-8-14/h1-4,10,13H,5-8H2. The van der Waals surface area contributed by atoms with E-state index in [0.717, 1.165) is 0 Å². The molecule has 1 heterocycles. The summed E-state index contributed by atoms with van der Waals surface area (Å²) >= 11 is 0. The predicted molar refractivity (Wildman–Crippen MR) is 61.6 cm³/mol. The molecule has 0 aromatic heterocycles. The van der Waals surface area contributed by atoms with Crippen molar-refractivity contribution in [2.45, 2.75) is 5.66 Å². The Balaban J connectivity index is 2.37. The van der Waals surface area contributed by atoms with Crippen molar-refractivity contribution in [3.05, 3.63) is 34.4 Å². The molecule has 2 unspecified atom stereocenters. The van der Waals surface area contributed by atoms with Gasteiger partial charge in [0.2, 0.25) is 0 Å². The van der Waals surface area contributed by atoms with Crippen LogP contribution in [0.1, 0.15) is 0 Å². The summed E-state index contributed by atoms with van der Waals surface area (Å²) in [5.41, 5.74) is -1.40. The molecular formula is C11H14N4O2. The summed E-state index contributed by atoms with van der Waals surface area (Å²) in [7, 11) is 0. The third-order valence-corrected chi connectivity index (χ3v) is 3.27. The minimum Gasteiger partial charge on any atom is -0.314 e. The molecule has 17 heavy (non-hydrogen) atoms. The first-order chi connectivity index (χ1) is 8.21. The molecule has 6 nitrogen and oxygen atoms in total. The summed E-state index contributed by atoms with van der Waals surface area (Å²) in [5.74, 6) is -0.736. The van der Waals surface area contributed by atoms with Gasteiger partial charge in [0.25, 0.3) is 0 Å². The van der Waals surface area contributed by atoms with Crippen LogP contribution < -0.4 is 5.32 Å². The summed E-state index contributed by atoms with van der Waals surface area (Å²) in [5, 5.41) is 23.7. The van der Waals surface area contributed by atoms with Gasteiger partial charge in [-0.15, -0.1) is 0 Å². The third-order valence-electron chi connectivity index (χ3n) is 3.27. The molecular weight excluding hydrogens is 220 g/mol. The van der Waals surface area contributed by atoms with Gasteiger partial charge in [-0.05, 0) is 0 Å². The van der Waals surface area contributed by atoms with E-state index in [0.29, 0.717) is 26.2 Å². The first-order valence-electron chi connectivity index (χ1n) is 5.57. The van der Waals surface area contributed by atoms with Gasteiger partial charge in [0, 0.05) is 37.2 Å². The maximum absolute atomic E-state index is 11.5. The molecule has 0 radical (unpaired) electrons. The van der Waals surface area contributed by atoms with Crippen LogP contribution in [-0.4, -0.2) is 41.7 Å². The Kier molecular flexibility index (Phi) is 3.22. The maximum atomic E-state index is 11.5. The van der Waals surface area contributed by atoms with Crippen LogP contribution in [0.5, 0.6) is 0 Å². The van der Waals surface area contributed by atoms with Gasteiger partial charge in [0.1, 0.15) is 0 Å². The zero-order valence-electron chi connectivity index (χ0n) is 9.37. The van der Waals surface area contributed by atoms with Crippen molar-refractivity contribution in [3.63, 3.8) is 0 Å². The van der Waals surface area contributed by atoms with E-state index in [1.807, 2.05) is 6.07 Å². The van der Waals surface area contributed by atoms with Crippen molar-refractivity contribution < 1.29 is 4.92 Å². The number of nitro groups is 1. The van der Waals surface area contributed by atoms with E-state index in [2.05, 4.69) is 5.32 Å². The van der Waals surface area contributed by atoms with E-state index in [1.165, 1.54) is 6.08 Å². The zero-order chi connectivity index (χ0) is 12.3. The Hall–Kier alpha value is -1.71. The molecule has 6 heteroatoms. The van der Waals surface area contributed by atoms with Crippen molar-refractivity contribution in [2.24, 2.45) is 5.92 Å². The molecule has 1 aliphatic heterocycles. The highest BCUT2D eigenvalue weighted by atomic mass is 16.6. The number of hydrogen-bond acceptors (Lipinski definition) is 5. The minimum atomic E-state index is -1.40. The van der Waals surface area contributed by atoms with Crippen LogP contribution in [0.2, 0.25) is 0 Å². The highest BCUT2D eigenvalue weighted by Crippen LogP contribution is 2.31. The topological polar surface area (TPSA) is 82.2 Å². The van der Waals surface area contributed by atoms with E-state index in [9.17, 15) is 10.1 Å². The third kappa shape index (κ3) is 1.84. The van der Waals surface area contributed by atoms with E-state index < -0.39 is 11.6 Å². The van der Waals surface area contributed by atoms with Crippen molar-refractivity contribution >= 4 is 0 Å². The molecule has 2 atom stereocenters. The van der Waals surface area contributed by atoms with E-state index >= 15 is 0 Å². The Morgan fingerprint density at radius 2 is 2.18 bits per heavy atom. The average molecular weight is 234 g/mol. The molecule has 1 aliphatic carbocycles. The largest absolute Gasteiger partial charge is 0.315 e. The second-order valence-electron chi connectivity index (χ2n) is 4.13. The average Bonchev–Trinajstić information content (AvgIpc) is 2.39. The van der Waals surface area contributed by atoms with Crippen LogP contribution in [0.4, 0.5) is 0 Å². The summed E-state index contributed by atoms with van der Waals surface area (Å²) in [6, 6.07) is 2.03. The maximum Gasteiger partial charge on any atom is 0.315 e. The molecule has 0 aromatic rings. The van der Waals surface area contributed by atoms with Crippen molar-refractivity contribution in [1.82, 2.24) is 10.2 Å². The fourth-order valence-corrected chi connectivity index (χ4v) is 2.37. The van der Waals surface area contributed by atoms with Crippen LogP contribution in [0.3, 0.4) is 0 Å². The van der Waals surface area contributed by atoms with Crippen LogP contribution in [-0.2, 0) is 0 Å². The fraction of sp³-hybridized carbons (Fsp3) is 0.545. The highest BCUT2D eigenvalue weighted by Gasteiger charge is 2.53. The monoisotopic (exact) mass is 234 g/mol. The number of rotatable bonds is 2. The lowest BCUT2D eigenvalue weighted by molar-refractivity contribution is -0.592. The van der Waals surface area contributed by atoms with Gasteiger partial charge >= 0.3 is 5.66 Å². The van der Waals surface area contributed by atoms with Crippen molar-refractivity contribution in [1.29, 1.82) is 5.26 Å². The van der Waals surface area contributed by atoms with Crippen LogP contribution in [0.25, 0.3) is 0 Å². The second kappa shape index (κ2) is 4.65. The molecule has 0 saturated carbocycles. The molecule has 90 valence electrons. The Morgan fingerprint density at radius 1 is 1.47 bits per heavy atom. The Bertz CT molecular complexity index is 406. The Morgan fingerprint density at radius 3 is 2.76 bits per heavy atom. The lowest BCUT2D eigenvalue weighted by Gasteiger charge is -2.39. The number of nitrogens with one attached hydrogen (secondary N) is 1. The van der Waals surface area contributed by atoms with Gasteiger partial charge in [-0.3, -0.25) is 10.1 Å². The summed E-state index contributed by atoms with van der Waals surface area (Å²) < 4.78 is 0. The number of nitrogens with zero attached hydrogens (tertiary/aromatic N) is 3. The van der Waals surface area contributed by atoms with E-state index in [4.69, 9.17) is 5.26 Å². The number of piperazine rings is 1. The van der Waals surface area contributed by atoms with Crippen molar-refractivity contribution in [3.8, 4) is 6.07 Å².